The van der Waals surface area contributed by atoms with E-state index in [1.165, 1.54) is 6.07 Å². The van der Waals surface area contributed by atoms with Crippen LogP contribution in [0, 0.1) is 12.7 Å². The second kappa shape index (κ2) is 8.86. The maximum atomic E-state index is 14.8. The Kier molecular flexibility index (Phi) is 5.72. The van der Waals surface area contributed by atoms with Crippen LogP contribution in [0.5, 0.6) is 11.6 Å². The molecule has 3 aromatic heterocycles. The molecule has 1 aromatic carbocycles. The zero-order valence-corrected chi connectivity index (χ0v) is 19.6. The maximum Gasteiger partial charge on any atom is 0.413 e. The van der Waals surface area contributed by atoms with Crippen molar-refractivity contribution in [2.75, 3.05) is 18.1 Å². The molecule has 4 heterocycles. The Hall–Kier alpha value is -4.21. The highest BCUT2D eigenvalue weighted by molar-refractivity contribution is 6.05. The quantitative estimate of drug-likeness (QED) is 0.436. The first kappa shape index (κ1) is 22.6. The molecule has 0 spiro atoms. The number of ether oxygens (including phenoxy) is 2. The van der Waals surface area contributed by atoms with Crippen LogP contribution in [0.4, 0.5) is 15.0 Å². The molecule has 0 fully saturated rings. The lowest BCUT2D eigenvalue weighted by atomic mass is 10.0. The van der Waals surface area contributed by atoms with Crippen molar-refractivity contribution < 1.29 is 23.8 Å². The summed E-state index contributed by atoms with van der Waals surface area (Å²) in [6.07, 6.45) is 2.41. The highest BCUT2D eigenvalue weighted by Crippen LogP contribution is 2.37. The number of hydrogen-bond acceptors (Lipinski definition) is 6. The van der Waals surface area contributed by atoms with Crippen LogP contribution in [0.2, 0.25) is 0 Å². The third-order valence-corrected chi connectivity index (χ3v) is 6.04. The van der Waals surface area contributed by atoms with Crippen molar-refractivity contribution in [3.8, 4) is 22.9 Å². The minimum absolute atomic E-state index is 0.154. The van der Waals surface area contributed by atoms with Crippen molar-refractivity contribution in [3.05, 3.63) is 59.3 Å². The molecule has 0 saturated carbocycles. The van der Waals surface area contributed by atoms with Crippen molar-refractivity contribution in [2.24, 2.45) is 7.05 Å². The van der Waals surface area contributed by atoms with E-state index < -0.39 is 11.9 Å². The van der Waals surface area contributed by atoms with Crippen LogP contribution in [-0.2, 0) is 20.0 Å². The van der Waals surface area contributed by atoms with Crippen molar-refractivity contribution >= 4 is 22.7 Å². The number of rotatable bonds is 6. The van der Waals surface area contributed by atoms with Crippen LogP contribution in [0.15, 0.2) is 36.7 Å². The second-order valence-electron chi connectivity index (χ2n) is 8.26. The van der Waals surface area contributed by atoms with E-state index in [4.69, 9.17) is 9.47 Å². The van der Waals surface area contributed by atoms with Gasteiger partial charge in [-0.05, 0) is 32.0 Å². The summed E-state index contributed by atoms with van der Waals surface area (Å²) >= 11 is 0. The van der Waals surface area contributed by atoms with Gasteiger partial charge in [-0.2, -0.15) is 5.10 Å². The number of nitrogens with zero attached hydrogens (tertiary/aromatic N) is 5. The number of anilines is 1. The van der Waals surface area contributed by atoms with Gasteiger partial charge in [-0.3, -0.25) is 9.58 Å². The Labute approximate surface area is 200 Å². The Morgan fingerprint density at radius 3 is 2.80 bits per heavy atom. The molecule has 1 aliphatic rings. The minimum atomic E-state index is -1.26. The van der Waals surface area contributed by atoms with Gasteiger partial charge < -0.3 is 14.6 Å². The van der Waals surface area contributed by atoms with Gasteiger partial charge in [-0.25, -0.2) is 19.2 Å². The number of hydrogen-bond donors (Lipinski definition) is 1. The zero-order chi connectivity index (χ0) is 24.7. The summed E-state index contributed by atoms with van der Waals surface area (Å²) in [4.78, 5) is 22.3. The predicted octanol–water partition coefficient (Wildman–Crippen LogP) is 4.50. The molecule has 0 aliphatic carbocycles. The number of aryl methyl sites for hydroxylation is 2. The van der Waals surface area contributed by atoms with Gasteiger partial charge in [0.1, 0.15) is 17.4 Å². The molecule has 1 aliphatic heterocycles. The van der Waals surface area contributed by atoms with Crippen LogP contribution in [0.3, 0.4) is 0 Å². The molecule has 1 N–H and O–H groups in total. The molecule has 5 rings (SSSR count). The Morgan fingerprint density at radius 2 is 2.09 bits per heavy atom. The van der Waals surface area contributed by atoms with E-state index in [2.05, 4.69) is 15.1 Å². The fourth-order valence-electron chi connectivity index (χ4n) is 4.49. The van der Waals surface area contributed by atoms with Crippen LogP contribution in [-0.4, -0.2) is 44.2 Å². The predicted molar refractivity (Wildman–Crippen MR) is 127 cm³/mol. The molecule has 0 bridgehead atoms. The number of fused-ring (bicyclic) bond motifs is 2. The molecule has 9 nitrogen and oxygen atoms in total. The lowest BCUT2D eigenvalue weighted by Crippen LogP contribution is -2.30. The number of pyridine rings is 2. The van der Waals surface area contributed by atoms with Gasteiger partial charge in [0.05, 0.1) is 31.1 Å². The van der Waals surface area contributed by atoms with Crippen molar-refractivity contribution in [3.63, 3.8) is 0 Å². The molecule has 35 heavy (non-hydrogen) atoms. The third-order valence-electron chi connectivity index (χ3n) is 6.04. The smallest absolute Gasteiger partial charge is 0.413 e. The molecular formula is C25H24FN5O4. The van der Waals surface area contributed by atoms with Gasteiger partial charge in [0, 0.05) is 59.4 Å². The number of aromatic nitrogens is 4. The van der Waals surface area contributed by atoms with Crippen molar-refractivity contribution in [1.29, 1.82) is 0 Å². The van der Waals surface area contributed by atoms with Gasteiger partial charge in [0.15, 0.2) is 0 Å². The van der Waals surface area contributed by atoms with E-state index in [0.717, 1.165) is 21.9 Å². The summed E-state index contributed by atoms with van der Waals surface area (Å²) in [7, 11) is 1.83. The van der Waals surface area contributed by atoms with Crippen molar-refractivity contribution in [1.82, 2.24) is 19.7 Å². The van der Waals surface area contributed by atoms with E-state index in [1.807, 2.05) is 27.0 Å². The van der Waals surface area contributed by atoms with Gasteiger partial charge in [-0.15, -0.1) is 0 Å². The number of halogens is 1. The average Bonchev–Trinajstić information content (AvgIpc) is 3.43. The fraction of sp³-hybridized carbons (Fsp3) is 0.280. The Balaban J connectivity index is 1.68. The zero-order valence-electron chi connectivity index (χ0n) is 19.6. The summed E-state index contributed by atoms with van der Waals surface area (Å²) in [5.74, 6) is 0.655. The largest absolute Gasteiger partial charge is 0.493 e. The summed E-state index contributed by atoms with van der Waals surface area (Å²) in [6.45, 7) is 4.40. The first-order valence-corrected chi connectivity index (χ1v) is 11.2. The van der Waals surface area contributed by atoms with Crippen LogP contribution < -0.4 is 14.4 Å². The molecule has 0 atom stereocenters. The minimum Gasteiger partial charge on any atom is -0.493 e. The van der Waals surface area contributed by atoms with Gasteiger partial charge >= 0.3 is 6.09 Å². The molecule has 0 unspecified atom stereocenters. The summed E-state index contributed by atoms with van der Waals surface area (Å²) in [5, 5.41) is 15.7. The fourth-order valence-corrected chi connectivity index (χ4v) is 4.49. The number of carboxylic acid groups (broad SMARTS) is 1. The number of benzene rings is 1. The summed E-state index contributed by atoms with van der Waals surface area (Å²) in [6, 6.07) is 6.56. The normalized spacial score (nSPS) is 12.5. The summed E-state index contributed by atoms with van der Waals surface area (Å²) in [5.41, 5.74) is 3.36. The standard InChI is InChI=1S/C25H24FN5O4/c1-4-34-23-10-16-17(21-9-14(2)29-30(21)3)11-28-24(18(16)12-27-23)31(25(32)33)13-19-15-7-8-35-22(15)6-5-20(19)26/h5-6,9-12H,4,7-8,13H2,1-3H3,(H,32,33). The van der Waals surface area contributed by atoms with Gasteiger partial charge in [0.25, 0.3) is 0 Å². The maximum absolute atomic E-state index is 14.8. The first-order valence-electron chi connectivity index (χ1n) is 11.2. The van der Waals surface area contributed by atoms with Gasteiger partial charge in [-0.1, -0.05) is 0 Å². The van der Waals surface area contributed by atoms with E-state index in [1.54, 1.807) is 29.2 Å². The average molecular weight is 477 g/mol. The van der Waals surface area contributed by atoms with Crippen LogP contribution in [0.1, 0.15) is 23.7 Å². The van der Waals surface area contributed by atoms with Gasteiger partial charge in [0.2, 0.25) is 5.88 Å². The number of amides is 1. The molecule has 0 radical (unpaired) electrons. The lowest BCUT2D eigenvalue weighted by molar-refractivity contribution is 0.201. The second-order valence-corrected chi connectivity index (χ2v) is 8.26. The van der Waals surface area contributed by atoms with E-state index in [-0.39, 0.29) is 17.9 Å². The number of carbonyl (C=O) groups is 1. The first-order chi connectivity index (χ1) is 16.9. The Morgan fingerprint density at radius 1 is 1.26 bits per heavy atom. The topological polar surface area (TPSA) is 103 Å². The molecule has 4 aromatic rings. The molecule has 10 heteroatoms. The van der Waals surface area contributed by atoms with E-state index >= 15 is 0 Å². The summed E-state index contributed by atoms with van der Waals surface area (Å²) < 4.78 is 27.7. The highest BCUT2D eigenvalue weighted by atomic mass is 19.1. The molecule has 180 valence electrons. The lowest BCUT2D eigenvalue weighted by Gasteiger charge is -2.22. The van der Waals surface area contributed by atoms with Crippen molar-refractivity contribution in [2.45, 2.75) is 26.8 Å². The third kappa shape index (κ3) is 4.01. The van der Waals surface area contributed by atoms with E-state index in [9.17, 15) is 14.3 Å². The van der Waals surface area contributed by atoms with Crippen LogP contribution >= 0.6 is 0 Å². The monoisotopic (exact) mass is 477 g/mol. The highest BCUT2D eigenvalue weighted by Gasteiger charge is 2.27. The molecule has 1 amide bonds. The van der Waals surface area contributed by atoms with Crippen LogP contribution in [0.25, 0.3) is 22.0 Å². The SMILES string of the molecule is CCOc1cc2c(-c3cc(C)nn3C)cnc(N(Cc3c(F)ccc4c3CCO4)C(=O)O)c2cn1. The van der Waals surface area contributed by atoms with E-state index in [0.29, 0.717) is 47.6 Å². The molecular weight excluding hydrogens is 453 g/mol. The molecule has 0 saturated heterocycles. The Bertz CT molecular complexity index is 1450.